The number of aliphatic hydroxyl groups excluding tert-OH is 2. The fourth-order valence-electron chi connectivity index (χ4n) is 2.28. The molecule has 106 valence electrons. The lowest BCUT2D eigenvalue weighted by atomic mass is 10.1. The molecule has 2 rings (SSSR count). The molecule has 0 amide bonds. The van der Waals surface area contributed by atoms with Crippen LogP contribution >= 0.6 is 15.9 Å². The van der Waals surface area contributed by atoms with Gasteiger partial charge in [-0.05, 0) is 47.5 Å². The Morgan fingerprint density at radius 3 is 2.84 bits per heavy atom. The molecule has 0 bridgehead atoms. The molecule has 1 heterocycles. The van der Waals surface area contributed by atoms with Crippen LogP contribution in [0.2, 0.25) is 0 Å². The number of rotatable bonds is 3. The predicted molar refractivity (Wildman–Crippen MR) is 78.4 cm³/mol. The second kappa shape index (κ2) is 6.22. The van der Waals surface area contributed by atoms with Crippen molar-refractivity contribution in [3.8, 4) is 0 Å². The van der Waals surface area contributed by atoms with E-state index >= 15 is 0 Å². The Balaban J connectivity index is 2.24. The molecular formula is C14H20BrNO3. The van der Waals surface area contributed by atoms with Crippen LogP contribution in [0.4, 0.5) is 5.69 Å². The van der Waals surface area contributed by atoms with E-state index in [9.17, 15) is 10.2 Å². The molecule has 1 aliphatic heterocycles. The van der Waals surface area contributed by atoms with Gasteiger partial charge in [0.25, 0.3) is 0 Å². The zero-order valence-electron chi connectivity index (χ0n) is 11.2. The van der Waals surface area contributed by atoms with Crippen molar-refractivity contribution in [3.05, 3.63) is 28.2 Å². The maximum Gasteiger partial charge on any atom is 0.0981 e. The summed E-state index contributed by atoms with van der Waals surface area (Å²) in [4.78, 5) is 2.22. The van der Waals surface area contributed by atoms with Gasteiger partial charge in [-0.25, -0.2) is 0 Å². The summed E-state index contributed by atoms with van der Waals surface area (Å²) in [6, 6.07) is 6.14. The molecule has 19 heavy (non-hydrogen) atoms. The van der Waals surface area contributed by atoms with Gasteiger partial charge in [0.05, 0.1) is 31.1 Å². The van der Waals surface area contributed by atoms with Gasteiger partial charge in [0.15, 0.2) is 0 Å². The van der Waals surface area contributed by atoms with Crippen molar-refractivity contribution < 1.29 is 14.9 Å². The Labute approximate surface area is 122 Å². The lowest BCUT2D eigenvalue weighted by molar-refractivity contribution is -0.0103. The zero-order chi connectivity index (χ0) is 14.0. The van der Waals surface area contributed by atoms with Gasteiger partial charge in [-0.1, -0.05) is 6.07 Å². The number of hydrogen-bond donors (Lipinski definition) is 2. The van der Waals surface area contributed by atoms with Gasteiger partial charge in [0.2, 0.25) is 0 Å². The molecule has 0 saturated carbocycles. The van der Waals surface area contributed by atoms with Crippen LogP contribution in [-0.4, -0.2) is 42.1 Å². The average molecular weight is 330 g/mol. The first-order chi connectivity index (χ1) is 9.02. The quantitative estimate of drug-likeness (QED) is 0.891. The van der Waals surface area contributed by atoms with Crippen molar-refractivity contribution in [2.45, 2.75) is 32.1 Å². The third-order valence-electron chi connectivity index (χ3n) is 3.47. The summed E-state index contributed by atoms with van der Waals surface area (Å²) in [5.41, 5.74) is 1.95. The minimum absolute atomic E-state index is 0.0343. The van der Waals surface area contributed by atoms with Gasteiger partial charge in [-0.15, -0.1) is 0 Å². The van der Waals surface area contributed by atoms with Crippen LogP contribution in [0.15, 0.2) is 22.7 Å². The highest BCUT2D eigenvalue weighted by atomic mass is 79.9. The number of halogens is 1. The highest BCUT2D eigenvalue weighted by molar-refractivity contribution is 9.10. The summed E-state index contributed by atoms with van der Waals surface area (Å²) in [5.74, 6) is 0. The second-order valence-electron chi connectivity index (χ2n) is 5.03. The van der Waals surface area contributed by atoms with Crippen LogP contribution in [0, 0.1) is 0 Å². The average Bonchev–Trinajstić information content (AvgIpc) is 2.39. The van der Waals surface area contributed by atoms with Gasteiger partial charge in [-0.3, -0.25) is 0 Å². The van der Waals surface area contributed by atoms with Crippen LogP contribution in [-0.2, 0) is 4.74 Å². The Kier molecular flexibility index (Phi) is 4.84. The van der Waals surface area contributed by atoms with Crippen LogP contribution in [0.3, 0.4) is 0 Å². The fourth-order valence-corrected chi connectivity index (χ4v) is 2.90. The summed E-state index contributed by atoms with van der Waals surface area (Å²) in [5, 5.41) is 18.8. The summed E-state index contributed by atoms with van der Waals surface area (Å²) in [6.07, 6.45) is -0.614. The summed E-state index contributed by atoms with van der Waals surface area (Å²) in [6.45, 7) is 5.16. The van der Waals surface area contributed by atoms with E-state index in [1.165, 1.54) is 0 Å². The van der Waals surface area contributed by atoms with Gasteiger partial charge < -0.3 is 19.8 Å². The highest BCUT2D eigenvalue weighted by Gasteiger charge is 2.27. The van der Waals surface area contributed by atoms with Crippen molar-refractivity contribution in [2.24, 2.45) is 0 Å². The van der Waals surface area contributed by atoms with Crippen LogP contribution in [0.1, 0.15) is 25.5 Å². The molecule has 0 aromatic heterocycles. The number of benzene rings is 1. The largest absolute Gasteiger partial charge is 0.394 e. The van der Waals surface area contributed by atoms with E-state index in [2.05, 4.69) is 27.8 Å². The van der Waals surface area contributed by atoms with Crippen LogP contribution in [0.5, 0.6) is 0 Å². The van der Waals surface area contributed by atoms with Crippen molar-refractivity contribution in [3.63, 3.8) is 0 Å². The van der Waals surface area contributed by atoms with E-state index in [1.54, 1.807) is 6.92 Å². The van der Waals surface area contributed by atoms with Gasteiger partial charge >= 0.3 is 0 Å². The molecule has 3 atom stereocenters. The first-order valence-corrected chi connectivity index (χ1v) is 7.28. The molecule has 1 saturated heterocycles. The number of hydrogen-bond acceptors (Lipinski definition) is 4. The van der Waals surface area contributed by atoms with Crippen molar-refractivity contribution in [1.29, 1.82) is 0 Å². The first-order valence-electron chi connectivity index (χ1n) is 6.49. The molecule has 4 nitrogen and oxygen atoms in total. The third kappa shape index (κ3) is 3.28. The fraction of sp³-hybridized carbons (Fsp3) is 0.571. The highest BCUT2D eigenvalue weighted by Crippen LogP contribution is 2.32. The van der Waals surface area contributed by atoms with Crippen molar-refractivity contribution in [1.82, 2.24) is 0 Å². The molecule has 3 unspecified atom stereocenters. The second-order valence-corrected chi connectivity index (χ2v) is 5.88. The maximum atomic E-state index is 9.59. The molecule has 0 aliphatic carbocycles. The molecule has 1 aromatic carbocycles. The normalized spacial score (nSPS) is 25.4. The molecule has 0 spiro atoms. The topological polar surface area (TPSA) is 52.9 Å². The molecule has 0 radical (unpaired) electrons. The number of aliphatic hydroxyl groups is 2. The van der Waals surface area contributed by atoms with E-state index in [0.717, 1.165) is 15.7 Å². The van der Waals surface area contributed by atoms with Crippen molar-refractivity contribution >= 4 is 21.6 Å². The number of ether oxygens (including phenoxy) is 1. The molecular weight excluding hydrogens is 310 g/mol. The summed E-state index contributed by atoms with van der Waals surface area (Å²) in [7, 11) is 0. The number of anilines is 1. The first kappa shape index (κ1) is 14.8. The molecule has 2 N–H and O–H groups in total. The van der Waals surface area contributed by atoms with Gasteiger partial charge in [-0.2, -0.15) is 0 Å². The SMILES string of the molecule is CC(O)c1ccc(N2CC(CO)OCC2C)c(Br)c1. The van der Waals surface area contributed by atoms with E-state index in [1.807, 2.05) is 18.2 Å². The minimum Gasteiger partial charge on any atom is -0.394 e. The minimum atomic E-state index is -0.474. The standard InChI is InChI=1S/C14H20BrNO3/c1-9-8-19-12(7-17)6-16(9)14-4-3-11(10(2)18)5-13(14)15/h3-5,9-10,12,17-18H,6-8H2,1-2H3. The summed E-state index contributed by atoms with van der Waals surface area (Å²) >= 11 is 3.56. The molecule has 1 fully saturated rings. The molecule has 5 heteroatoms. The lowest BCUT2D eigenvalue weighted by Gasteiger charge is -2.39. The Bertz CT molecular complexity index is 439. The number of nitrogens with zero attached hydrogens (tertiary/aromatic N) is 1. The van der Waals surface area contributed by atoms with Gasteiger partial charge in [0.1, 0.15) is 0 Å². The lowest BCUT2D eigenvalue weighted by Crippen LogP contribution is -2.49. The zero-order valence-corrected chi connectivity index (χ0v) is 12.8. The molecule has 1 aliphatic rings. The maximum absolute atomic E-state index is 9.59. The third-order valence-corrected chi connectivity index (χ3v) is 4.11. The Hall–Kier alpha value is -0.620. The Morgan fingerprint density at radius 1 is 1.53 bits per heavy atom. The van der Waals surface area contributed by atoms with Crippen LogP contribution in [0.25, 0.3) is 0 Å². The van der Waals surface area contributed by atoms with E-state index in [-0.39, 0.29) is 18.8 Å². The van der Waals surface area contributed by atoms with Gasteiger partial charge in [0, 0.05) is 17.1 Å². The number of morpholine rings is 1. The van der Waals surface area contributed by atoms with E-state index < -0.39 is 6.10 Å². The molecule has 1 aromatic rings. The van der Waals surface area contributed by atoms with Crippen molar-refractivity contribution in [2.75, 3.05) is 24.7 Å². The van der Waals surface area contributed by atoms with E-state index in [0.29, 0.717) is 13.2 Å². The summed E-state index contributed by atoms with van der Waals surface area (Å²) < 4.78 is 6.50. The van der Waals surface area contributed by atoms with E-state index in [4.69, 9.17) is 4.74 Å². The Morgan fingerprint density at radius 2 is 2.26 bits per heavy atom. The van der Waals surface area contributed by atoms with Crippen LogP contribution < -0.4 is 4.90 Å². The predicted octanol–water partition coefficient (Wildman–Crippen LogP) is 2.09. The monoisotopic (exact) mass is 329 g/mol. The smallest absolute Gasteiger partial charge is 0.0981 e.